The Hall–Kier alpha value is -1.71. The predicted octanol–water partition coefficient (Wildman–Crippen LogP) is 3.37. The summed E-state index contributed by atoms with van der Waals surface area (Å²) in [7, 11) is 4.80. The third-order valence-corrected chi connectivity index (χ3v) is 4.01. The van der Waals surface area contributed by atoms with Crippen LogP contribution < -0.4 is 20.1 Å². The fraction of sp³-hybridized carbons (Fsp3) is 0.600. The fourth-order valence-corrected chi connectivity index (χ4v) is 2.49. The van der Waals surface area contributed by atoms with Crippen molar-refractivity contribution < 1.29 is 19.0 Å². The van der Waals surface area contributed by atoms with Gasteiger partial charge in [0.1, 0.15) is 6.10 Å². The number of halogens is 1. The largest absolute Gasteiger partial charge is 0.493 e. The first kappa shape index (κ1) is 26.3. The Morgan fingerprint density at radius 1 is 1.07 bits per heavy atom. The first-order valence-corrected chi connectivity index (χ1v) is 9.41. The maximum atomic E-state index is 11.0. The smallest absolute Gasteiger partial charge is 0.305 e. The Kier molecular flexibility index (Phi) is 15.3. The van der Waals surface area contributed by atoms with E-state index in [4.69, 9.17) is 9.47 Å². The monoisotopic (exact) mass is 507 g/mol. The third kappa shape index (κ3) is 11.2. The number of hydrogen-bond acceptors (Lipinski definition) is 5. The molecular formula is C20H34IN3O4. The minimum Gasteiger partial charge on any atom is -0.493 e. The van der Waals surface area contributed by atoms with Gasteiger partial charge in [-0.3, -0.25) is 9.79 Å². The van der Waals surface area contributed by atoms with Crippen LogP contribution in [-0.4, -0.2) is 52.4 Å². The molecule has 8 heteroatoms. The van der Waals surface area contributed by atoms with Crippen molar-refractivity contribution in [1.82, 2.24) is 10.6 Å². The van der Waals surface area contributed by atoms with E-state index in [1.54, 1.807) is 14.2 Å². The van der Waals surface area contributed by atoms with E-state index < -0.39 is 0 Å². The molecule has 0 saturated heterocycles. The lowest BCUT2D eigenvalue weighted by molar-refractivity contribution is -0.140. The highest BCUT2D eigenvalue weighted by atomic mass is 127. The molecule has 2 N–H and O–H groups in total. The molecule has 28 heavy (non-hydrogen) atoms. The van der Waals surface area contributed by atoms with Crippen molar-refractivity contribution in [1.29, 1.82) is 0 Å². The molecule has 7 nitrogen and oxygen atoms in total. The molecule has 1 aromatic rings. The molecule has 160 valence electrons. The highest BCUT2D eigenvalue weighted by Crippen LogP contribution is 2.26. The predicted molar refractivity (Wildman–Crippen MR) is 123 cm³/mol. The molecule has 0 radical (unpaired) electrons. The van der Waals surface area contributed by atoms with Crippen molar-refractivity contribution in [3.8, 4) is 11.5 Å². The minimum atomic E-state index is -0.137. The zero-order chi connectivity index (χ0) is 19.9. The summed E-state index contributed by atoms with van der Waals surface area (Å²) in [5.74, 6) is 2.06. The number of carbonyl (C=O) groups is 1. The van der Waals surface area contributed by atoms with Crippen LogP contribution in [0.2, 0.25) is 0 Å². The number of methoxy groups -OCH3 is 2. The van der Waals surface area contributed by atoms with Crippen LogP contribution in [-0.2, 0) is 9.53 Å². The second-order valence-electron chi connectivity index (χ2n) is 6.20. The van der Waals surface area contributed by atoms with Crippen LogP contribution in [0.15, 0.2) is 29.3 Å². The number of aliphatic imine (C=N–C) groups is 1. The first-order chi connectivity index (χ1) is 13.1. The van der Waals surface area contributed by atoms with Gasteiger partial charge in [0.25, 0.3) is 0 Å². The number of rotatable bonds is 12. The summed E-state index contributed by atoms with van der Waals surface area (Å²) in [6.45, 7) is 3.45. The molecule has 0 fully saturated rings. The number of nitrogens with one attached hydrogen (secondary N) is 2. The molecule has 0 heterocycles. The van der Waals surface area contributed by atoms with Gasteiger partial charge in [-0.2, -0.15) is 0 Å². The van der Waals surface area contributed by atoms with Crippen molar-refractivity contribution in [3.05, 3.63) is 24.3 Å². The number of guanidine groups is 1. The Bertz CT molecular complexity index is 584. The number of carbonyl (C=O) groups excluding carboxylic acids is 1. The average molecular weight is 507 g/mol. The number of esters is 1. The number of para-hydroxylation sites is 2. The number of hydrogen-bond donors (Lipinski definition) is 2. The maximum absolute atomic E-state index is 11.0. The van der Waals surface area contributed by atoms with E-state index in [1.807, 2.05) is 31.2 Å². The Balaban J connectivity index is 0.00000729. The number of benzene rings is 1. The summed E-state index contributed by atoms with van der Waals surface area (Å²) in [6.07, 6.45) is 4.43. The molecule has 1 rings (SSSR count). The summed E-state index contributed by atoms with van der Waals surface area (Å²) in [4.78, 5) is 15.3. The first-order valence-electron chi connectivity index (χ1n) is 9.41. The molecule has 0 aliphatic rings. The van der Waals surface area contributed by atoms with Crippen molar-refractivity contribution in [2.24, 2.45) is 4.99 Å². The van der Waals surface area contributed by atoms with Gasteiger partial charge >= 0.3 is 5.97 Å². The standard InChI is InChI=1S/C20H33N3O4.HI/c1-16(27-18-12-9-8-11-17(18)25-3)15-23-20(21-2)22-14-10-6-5-7-13-19(24)26-4;/h8-9,11-12,16H,5-7,10,13-15H2,1-4H3,(H2,21,22,23);1H. The molecular weight excluding hydrogens is 473 g/mol. The van der Waals surface area contributed by atoms with E-state index in [2.05, 4.69) is 20.4 Å². The SMILES string of the molecule is CN=C(NCCCCCCC(=O)OC)NCC(C)Oc1ccccc1OC.I. The van der Waals surface area contributed by atoms with Crippen LogP contribution in [0.1, 0.15) is 39.0 Å². The van der Waals surface area contributed by atoms with Crippen LogP contribution in [0.25, 0.3) is 0 Å². The van der Waals surface area contributed by atoms with E-state index in [0.29, 0.717) is 13.0 Å². The van der Waals surface area contributed by atoms with Gasteiger partial charge in [-0.15, -0.1) is 24.0 Å². The molecule has 0 aliphatic heterocycles. The minimum absolute atomic E-state index is 0. The van der Waals surface area contributed by atoms with Crippen LogP contribution in [0.4, 0.5) is 0 Å². The zero-order valence-corrected chi connectivity index (χ0v) is 19.7. The lowest BCUT2D eigenvalue weighted by Gasteiger charge is -2.19. The van der Waals surface area contributed by atoms with Gasteiger partial charge in [0, 0.05) is 20.0 Å². The van der Waals surface area contributed by atoms with Crippen LogP contribution in [0.5, 0.6) is 11.5 Å². The van der Waals surface area contributed by atoms with Crippen molar-refractivity contribution in [2.75, 3.05) is 34.4 Å². The summed E-state index contributed by atoms with van der Waals surface area (Å²) in [5.41, 5.74) is 0. The molecule has 1 atom stereocenters. The van der Waals surface area contributed by atoms with Gasteiger partial charge in [-0.25, -0.2) is 0 Å². The molecule has 0 aliphatic carbocycles. The van der Waals surface area contributed by atoms with E-state index in [-0.39, 0.29) is 36.0 Å². The second-order valence-corrected chi connectivity index (χ2v) is 6.20. The van der Waals surface area contributed by atoms with E-state index in [0.717, 1.165) is 49.7 Å². The van der Waals surface area contributed by atoms with E-state index in [9.17, 15) is 4.79 Å². The van der Waals surface area contributed by atoms with E-state index in [1.165, 1.54) is 7.11 Å². The lowest BCUT2D eigenvalue weighted by Crippen LogP contribution is -2.42. The van der Waals surface area contributed by atoms with Gasteiger partial charge in [-0.05, 0) is 31.9 Å². The molecule has 0 aromatic heterocycles. The van der Waals surface area contributed by atoms with Crippen LogP contribution in [0.3, 0.4) is 0 Å². The van der Waals surface area contributed by atoms with Crippen LogP contribution in [0, 0.1) is 0 Å². The molecule has 1 aromatic carbocycles. The summed E-state index contributed by atoms with van der Waals surface area (Å²) in [6, 6.07) is 7.60. The Morgan fingerprint density at radius 2 is 1.75 bits per heavy atom. The van der Waals surface area contributed by atoms with Gasteiger partial charge < -0.3 is 24.8 Å². The average Bonchev–Trinajstić information content (AvgIpc) is 2.69. The number of unbranched alkanes of at least 4 members (excludes halogenated alkanes) is 3. The van der Waals surface area contributed by atoms with Crippen LogP contribution >= 0.6 is 24.0 Å². The quantitative estimate of drug-likeness (QED) is 0.149. The number of nitrogens with zero attached hydrogens (tertiary/aromatic N) is 1. The fourth-order valence-electron chi connectivity index (χ4n) is 2.49. The Morgan fingerprint density at radius 3 is 2.39 bits per heavy atom. The van der Waals surface area contributed by atoms with Gasteiger partial charge in [0.05, 0.1) is 20.8 Å². The maximum Gasteiger partial charge on any atom is 0.305 e. The summed E-state index contributed by atoms with van der Waals surface area (Å²) < 4.78 is 15.8. The zero-order valence-electron chi connectivity index (χ0n) is 17.3. The van der Waals surface area contributed by atoms with Crippen molar-refractivity contribution in [3.63, 3.8) is 0 Å². The molecule has 0 bridgehead atoms. The second kappa shape index (κ2) is 16.3. The highest BCUT2D eigenvalue weighted by Gasteiger charge is 2.09. The molecule has 0 amide bonds. The lowest BCUT2D eigenvalue weighted by atomic mass is 10.1. The van der Waals surface area contributed by atoms with E-state index >= 15 is 0 Å². The van der Waals surface area contributed by atoms with Gasteiger partial charge in [0.2, 0.25) is 0 Å². The van der Waals surface area contributed by atoms with Crippen molar-refractivity contribution >= 4 is 35.9 Å². The molecule has 0 spiro atoms. The molecule has 1 unspecified atom stereocenters. The summed E-state index contributed by atoms with van der Waals surface area (Å²) in [5, 5.41) is 6.55. The number of ether oxygens (including phenoxy) is 3. The van der Waals surface area contributed by atoms with Crippen molar-refractivity contribution in [2.45, 2.75) is 45.1 Å². The molecule has 0 saturated carbocycles. The topological polar surface area (TPSA) is 81.2 Å². The van der Waals surface area contributed by atoms with Gasteiger partial charge in [0.15, 0.2) is 17.5 Å². The third-order valence-electron chi connectivity index (χ3n) is 4.01. The normalized spacial score (nSPS) is 11.8. The van der Waals surface area contributed by atoms with Gasteiger partial charge in [-0.1, -0.05) is 25.0 Å². The highest BCUT2D eigenvalue weighted by molar-refractivity contribution is 14.0. The Labute approximate surface area is 185 Å². The summed E-state index contributed by atoms with van der Waals surface area (Å²) >= 11 is 0.